The lowest BCUT2D eigenvalue weighted by Gasteiger charge is -2.34. The van der Waals surface area contributed by atoms with E-state index in [2.05, 4.69) is 65.6 Å². The molecule has 0 N–H and O–H groups in total. The molecular weight excluding hydrogens is 452 g/mol. The van der Waals surface area contributed by atoms with E-state index in [1.807, 2.05) is 35.2 Å². The monoisotopic (exact) mass is 480 g/mol. The minimum absolute atomic E-state index is 0.122. The van der Waals surface area contributed by atoms with Crippen molar-refractivity contribution in [1.82, 2.24) is 19.2 Å². The molecule has 1 fully saturated rings. The van der Waals surface area contributed by atoms with Gasteiger partial charge in [-0.25, -0.2) is 4.98 Å². The standard InChI is InChI=1S/C29H28N4OS/c1-20-8-11-22(12-9-20)27-25(33-24-13-10-21(2)18-26(24)35-29(33)30-27)19-31-14-16-32(17-15-31)28(34)23-6-4-3-5-7-23/h3-13,18H,14-17,19H2,1-2H3. The molecule has 1 amide bonds. The molecule has 3 aromatic carbocycles. The molecule has 176 valence electrons. The van der Waals surface area contributed by atoms with Crippen molar-refractivity contribution in [2.24, 2.45) is 0 Å². The van der Waals surface area contributed by atoms with Crippen LogP contribution in [0.15, 0.2) is 72.8 Å². The van der Waals surface area contributed by atoms with Crippen LogP contribution in [0.4, 0.5) is 0 Å². The number of nitrogens with zero attached hydrogens (tertiary/aromatic N) is 4. The fourth-order valence-corrected chi connectivity index (χ4v) is 6.05. The fraction of sp³-hybridized carbons (Fsp3) is 0.241. The number of hydrogen-bond donors (Lipinski definition) is 0. The van der Waals surface area contributed by atoms with Gasteiger partial charge < -0.3 is 4.90 Å². The number of thiazole rings is 1. The van der Waals surface area contributed by atoms with Crippen molar-refractivity contribution in [3.8, 4) is 11.3 Å². The number of imidazole rings is 1. The highest BCUT2D eigenvalue weighted by molar-refractivity contribution is 7.23. The minimum atomic E-state index is 0.122. The maximum Gasteiger partial charge on any atom is 0.253 e. The van der Waals surface area contributed by atoms with Gasteiger partial charge in [-0.15, -0.1) is 0 Å². The van der Waals surface area contributed by atoms with Crippen LogP contribution in [-0.4, -0.2) is 51.3 Å². The summed E-state index contributed by atoms with van der Waals surface area (Å²) >= 11 is 1.75. The zero-order chi connectivity index (χ0) is 23.9. The number of carbonyl (C=O) groups is 1. The Balaban J connectivity index is 1.32. The van der Waals surface area contributed by atoms with Crippen molar-refractivity contribution >= 4 is 32.4 Å². The predicted molar refractivity (Wildman–Crippen MR) is 143 cm³/mol. The van der Waals surface area contributed by atoms with Gasteiger partial charge in [0.05, 0.1) is 21.6 Å². The number of aromatic nitrogens is 2. The number of aryl methyl sites for hydroxylation is 2. The molecule has 3 heterocycles. The first-order chi connectivity index (χ1) is 17.1. The molecule has 5 aromatic rings. The Kier molecular flexibility index (Phi) is 5.63. The zero-order valence-electron chi connectivity index (χ0n) is 20.1. The van der Waals surface area contributed by atoms with Crippen LogP contribution in [0.2, 0.25) is 0 Å². The summed E-state index contributed by atoms with van der Waals surface area (Å²) in [4.78, 5) is 23.5. The van der Waals surface area contributed by atoms with Gasteiger partial charge in [-0.05, 0) is 43.7 Å². The summed E-state index contributed by atoms with van der Waals surface area (Å²) in [5, 5.41) is 0. The second kappa shape index (κ2) is 8.95. The first-order valence-corrected chi connectivity index (χ1v) is 12.9. The molecule has 0 saturated carbocycles. The third-order valence-corrected chi connectivity index (χ3v) is 7.88. The molecule has 0 atom stereocenters. The molecule has 2 aromatic heterocycles. The van der Waals surface area contributed by atoms with E-state index in [9.17, 15) is 4.79 Å². The van der Waals surface area contributed by atoms with Crippen molar-refractivity contribution in [3.63, 3.8) is 0 Å². The summed E-state index contributed by atoms with van der Waals surface area (Å²) in [6, 6.07) is 24.9. The van der Waals surface area contributed by atoms with Gasteiger partial charge in [0.25, 0.3) is 5.91 Å². The van der Waals surface area contributed by atoms with Crippen LogP contribution in [-0.2, 0) is 6.54 Å². The normalized spacial score (nSPS) is 14.7. The van der Waals surface area contributed by atoms with Gasteiger partial charge in [0.1, 0.15) is 0 Å². The lowest BCUT2D eigenvalue weighted by molar-refractivity contribution is 0.0627. The highest BCUT2D eigenvalue weighted by Crippen LogP contribution is 2.34. The van der Waals surface area contributed by atoms with Crippen LogP contribution >= 0.6 is 11.3 Å². The summed E-state index contributed by atoms with van der Waals surface area (Å²) in [6.45, 7) is 8.22. The van der Waals surface area contributed by atoms with E-state index in [1.165, 1.54) is 27.0 Å². The van der Waals surface area contributed by atoms with Crippen LogP contribution < -0.4 is 0 Å². The Hall–Kier alpha value is -3.48. The molecule has 0 bridgehead atoms. The maximum absolute atomic E-state index is 12.9. The number of rotatable bonds is 4. The van der Waals surface area contributed by atoms with Crippen LogP contribution in [0.3, 0.4) is 0 Å². The summed E-state index contributed by atoms with van der Waals surface area (Å²) in [5.74, 6) is 0.122. The first kappa shape index (κ1) is 22.0. The van der Waals surface area contributed by atoms with Gasteiger partial charge in [0.2, 0.25) is 0 Å². The van der Waals surface area contributed by atoms with E-state index in [4.69, 9.17) is 4.98 Å². The van der Waals surface area contributed by atoms with Crippen molar-refractivity contribution in [1.29, 1.82) is 0 Å². The average molecular weight is 481 g/mol. The first-order valence-electron chi connectivity index (χ1n) is 12.1. The van der Waals surface area contributed by atoms with Crippen molar-refractivity contribution in [2.45, 2.75) is 20.4 Å². The van der Waals surface area contributed by atoms with E-state index in [1.54, 1.807) is 11.3 Å². The molecule has 0 radical (unpaired) electrons. The molecule has 6 heteroatoms. The Morgan fingerprint density at radius 2 is 1.60 bits per heavy atom. The van der Waals surface area contributed by atoms with E-state index >= 15 is 0 Å². The lowest BCUT2D eigenvalue weighted by Crippen LogP contribution is -2.48. The minimum Gasteiger partial charge on any atom is -0.336 e. The molecule has 0 unspecified atom stereocenters. The number of amides is 1. The molecular formula is C29H28N4OS. The van der Waals surface area contributed by atoms with Crippen LogP contribution in [0.5, 0.6) is 0 Å². The van der Waals surface area contributed by atoms with E-state index in [0.29, 0.717) is 0 Å². The third kappa shape index (κ3) is 4.13. The lowest BCUT2D eigenvalue weighted by atomic mass is 10.1. The van der Waals surface area contributed by atoms with Crippen molar-refractivity contribution in [2.75, 3.05) is 26.2 Å². The number of hydrogen-bond acceptors (Lipinski definition) is 4. The van der Waals surface area contributed by atoms with Crippen LogP contribution in [0, 0.1) is 13.8 Å². The number of fused-ring (bicyclic) bond motifs is 3. The molecule has 1 saturated heterocycles. The van der Waals surface area contributed by atoms with E-state index in [0.717, 1.165) is 54.5 Å². The second-order valence-corrected chi connectivity index (χ2v) is 10.4. The summed E-state index contributed by atoms with van der Waals surface area (Å²) in [6.07, 6.45) is 0. The summed E-state index contributed by atoms with van der Waals surface area (Å²) in [7, 11) is 0. The van der Waals surface area contributed by atoms with Gasteiger partial charge in [0, 0.05) is 43.9 Å². The number of benzene rings is 3. The smallest absolute Gasteiger partial charge is 0.253 e. The number of carbonyl (C=O) groups excluding carboxylic acids is 1. The molecule has 6 rings (SSSR count). The maximum atomic E-state index is 12.9. The Labute approximate surface area is 209 Å². The third-order valence-electron chi connectivity index (χ3n) is 6.88. The Morgan fingerprint density at radius 3 is 2.34 bits per heavy atom. The van der Waals surface area contributed by atoms with Crippen molar-refractivity contribution in [3.05, 3.63) is 95.2 Å². The summed E-state index contributed by atoms with van der Waals surface area (Å²) in [5.41, 5.74) is 7.93. The molecule has 35 heavy (non-hydrogen) atoms. The molecule has 0 spiro atoms. The van der Waals surface area contributed by atoms with Gasteiger partial charge in [0.15, 0.2) is 4.96 Å². The summed E-state index contributed by atoms with van der Waals surface area (Å²) < 4.78 is 3.61. The van der Waals surface area contributed by atoms with E-state index < -0.39 is 0 Å². The van der Waals surface area contributed by atoms with Crippen LogP contribution in [0.1, 0.15) is 27.2 Å². The Bertz CT molecular complexity index is 1510. The van der Waals surface area contributed by atoms with Gasteiger partial charge in [-0.3, -0.25) is 14.1 Å². The zero-order valence-corrected chi connectivity index (χ0v) is 20.9. The van der Waals surface area contributed by atoms with Gasteiger partial charge in [-0.2, -0.15) is 0 Å². The number of piperazine rings is 1. The topological polar surface area (TPSA) is 40.9 Å². The van der Waals surface area contributed by atoms with Crippen LogP contribution in [0.25, 0.3) is 26.4 Å². The molecule has 1 aliphatic rings. The highest BCUT2D eigenvalue weighted by atomic mass is 32.1. The largest absolute Gasteiger partial charge is 0.336 e. The molecule has 5 nitrogen and oxygen atoms in total. The van der Waals surface area contributed by atoms with E-state index in [-0.39, 0.29) is 5.91 Å². The molecule has 1 aliphatic heterocycles. The fourth-order valence-electron chi connectivity index (χ4n) is 4.91. The average Bonchev–Trinajstić information content (AvgIpc) is 3.41. The van der Waals surface area contributed by atoms with Gasteiger partial charge in [-0.1, -0.05) is 65.4 Å². The SMILES string of the molecule is Cc1ccc(-c2nc3sc4cc(C)ccc4n3c2CN2CCN(C(=O)c3ccccc3)CC2)cc1. The Morgan fingerprint density at radius 1 is 0.886 bits per heavy atom. The van der Waals surface area contributed by atoms with Crippen molar-refractivity contribution < 1.29 is 4.79 Å². The van der Waals surface area contributed by atoms with Gasteiger partial charge >= 0.3 is 0 Å². The quantitative estimate of drug-likeness (QED) is 0.327. The second-order valence-electron chi connectivity index (χ2n) is 9.40. The predicted octanol–water partition coefficient (Wildman–Crippen LogP) is 5.79. The molecule has 0 aliphatic carbocycles. The highest BCUT2D eigenvalue weighted by Gasteiger charge is 2.25.